The van der Waals surface area contributed by atoms with E-state index in [-0.39, 0.29) is 5.11 Å². The second-order valence-corrected chi connectivity index (χ2v) is 12.0. The number of hydrogen-bond acceptors (Lipinski definition) is 5. The molecule has 0 atom stereocenters. The van der Waals surface area contributed by atoms with Gasteiger partial charge in [-0.05, 0) is 88.8 Å². The van der Waals surface area contributed by atoms with Gasteiger partial charge in [0.05, 0.1) is 20.9 Å². The number of carbonyl (C=O) groups is 1. The number of furan rings is 1. The zero-order valence-electron chi connectivity index (χ0n) is 19.1. The van der Waals surface area contributed by atoms with Gasteiger partial charge in [0.25, 0.3) is 0 Å². The third-order valence-corrected chi connectivity index (χ3v) is 8.18. The SMILES string of the molecule is O=C(/C=C/c1ccc(-c2ccc(Cl)cc2Cl)o1)NC(=S)Nc1c(Br)cc(Br)cc1-c1nc2ccccc2s1. The Hall–Kier alpha value is -2.53. The summed E-state index contributed by atoms with van der Waals surface area (Å²) in [6, 6.07) is 20.4. The summed E-state index contributed by atoms with van der Waals surface area (Å²) in [6.45, 7) is 0. The first-order valence-electron chi connectivity index (χ1n) is 11.0. The summed E-state index contributed by atoms with van der Waals surface area (Å²) in [4.78, 5) is 17.3. The molecule has 5 aromatic rings. The van der Waals surface area contributed by atoms with Crippen molar-refractivity contribution in [3.8, 4) is 21.9 Å². The maximum absolute atomic E-state index is 12.6. The Morgan fingerprint density at radius 2 is 1.84 bits per heavy atom. The van der Waals surface area contributed by atoms with Gasteiger partial charge in [0.2, 0.25) is 5.91 Å². The third kappa shape index (κ3) is 6.20. The van der Waals surface area contributed by atoms with Crippen molar-refractivity contribution in [2.45, 2.75) is 0 Å². The summed E-state index contributed by atoms with van der Waals surface area (Å²) in [6.07, 6.45) is 2.89. The minimum atomic E-state index is -0.417. The van der Waals surface area contributed by atoms with E-state index in [2.05, 4.69) is 42.5 Å². The van der Waals surface area contributed by atoms with Crippen LogP contribution in [0.15, 0.2) is 86.2 Å². The molecule has 11 heteroatoms. The van der Waals surface area contributed by atoms with Gasteiger partial charge < -0.3 is 9.73 Å². The summed E-state index contributed by atoms with van der Waals surface area (Å²) in [5, 5.41) is 7.76. The van der Waals surface area contributed by atoms with E-state index >= 15 is 0 Å². The van der Waals surface area contributed by atoms with Crippen molar-refractivity contribution in [1.29, 1.82) is 0 Å². The number of nitrogens with one attached hydrogen (secondary N) is 2. The first-order chi connectivity index (χ1) is 18.3. The molecule has 0 saturated heterocycles. The van der Waals surface area contributed by atoms with Gasteiger partial charge in [0.15, 0.2) is 5.11 Å². The number of halogens is 4. The van der Waals surface area contributed by atoms with Crippen molar-refractivity contribution in [1.82, 2.24) is 10.3 Å². The maximum Gasteiger partial charge on any atom is 0.250 e. The van der Waals surface area contributed by atoms with Gasteiger partial charge in [-0.3, -0.25) is 10.1 Å². The Morgan fingerprint density at radius 3 is 2.63 bits per heavy atom. The Labute approximate surface area is 254 Å². The van der Waals surface area contributed by atoms with E-state index in [1.807, 2.05) is 36.4 Å². The number of fused-ring (bicyclic) bond motifs is 1. The van der Waals surface area contributed by atoms with Crippen LogP contribution >= 0.6 is 78.6 Å². The molecule has 2 N–H and O–H groups in total. The second-order valence-electron chi connectivity index (χ2n) is 7.90. The predicted molar refractivity (Wildman–Crippen MR) is 168 cm³/mol. The molecule has 0 fully saturated rings. The molecule has 38 heavy (non-hydrogen) atoms. The molecule has 0 bridgehead atoms. The van der Waals surface area contributed by atoms with Gasteiger partial charge in [-0.15, -0.1) is 11.3 Å². The van der Waals surface area contributed by atoms with Crippen LogP contribution in [0.5, 0.6) is 0 Å². The third-order valence-electron chi connectivity index (χ3n) is 5.28. The number of aromatic nitrogens is 1. The highest BCUT2D eigenvalue weighted by Crippen LogP contribution is 2.40. The monoisotopic (exact) mass is 705 g/mol. The molecule has 0 saturated carbocycles. The smallest absolute Gasteiger partial charge is 0.250 e. The number of para-hydroxylation sites is 1. The lowest BCUT2D eigenvalue weighted by Gasteiger charge is -2.14. The molecule has 2 aromatic heterocycles. The largest absolute Gasteiger partial charge is 0.457 e. The quantitative estimate of drug-likeness (QED) is 0.141. The molecule has 5 rings (SSSR count). The van der Waals surface area contributed by atoms with E-state index in [9.17, 15) is 4.79 Å². The zero-order valence-corrected chi connectivity index (χ0v) is 25.4. The number of hydrogen-bond donors (Lipinski definition) is 2. The number of amides is 1. The Morgan fingerprint density at radius 1 is 1.03 bits per heavy atom. The van der Waals surface area contributed by atoms with Gasteiger partial charge >= 0.3 is 0 Å². The second kappa shape index (κ2) is 11.7. The molecule has 190 valence electrons. The van der Waals surface area contributed by atoms with Crippen LogP contribution in [0.4, 0.5) is 5.69 Å². The van der Waals surface area contributed by atoms with Gasteiger partial charge in [-0.25, -0.2) is 4.98 Å². The van der Waals surface area contributed by atoms with Crippen molar-refractivity contribution in [2.24, 2.45) is 0 Å². The molecule has 5 nitrogen and oxygen atoms in total. The average molecular weight is 708 g/mol. The number of thiazole rings is 1. The van der Waals surface area contributed by atoms with Gasteiger partial charge in [-0.1, -0.05) is 51.3 Å². The van der Waals surface area contributed by atoms with E-state index in [0.29, 0.717) is 32.8 Å². The van der Waals surface area contributed by atoms with E-state index in [0.717, 1.165) is 29.7 Å². The van der Waals surface area contributed by atoms with Crippen LogP contribution < -0.4 is 10.6 Å². The van der Waals surface area contributed by atoms with Gasteiger partial charge in [0.1, 0.15) is 16.5 Å². The lowest BCUT2D eigenvalue weighted by atomic mass is 10.2. The molecule has 0 radical (unpaired) electrons. The summed E-state index contributed by atoms with van der Waals surface area (Å²) in [5.41, 5.74) is 3.14. The summed E-state index contributed by atoms with van der Waals surface area (Å²) >= 11 is 26.4. The van der Waals surface area contributed by atoms with Crippen LogP contribution in [0.3, 0.4) is 0 Å². The highest BCUT2D eigenvalue weighted by Gasteiger charge is 2.16. The lowest BCUT2D eigenvalue weighted by Crippen LogP contribution is -2.33. The molecule has 0 aliphatic carbocycles. The minimum Gasteiger partial charge on any atom is -0.457 e. The fourth-order valence-electron chi connectivity index (χ4n) is 3.59. The molecule has 0 aliphatic rings. The highest BCUT2D eigenvalue weighted by atomic mass is 79.9. The number of thiocarbonyl (C=S) groups is 1. The fraction of sp³-hybridized carbons (Fsp3) is 0. The molecular weight excluding hydrogens is 693 g/mol. The Balaban J connectivity index is 1.29. The van der Waals surface area contributed by atoms with Crippen molar-refractivity contribution in [3.05, 3.63) is 97.6 Å². The molecular formula is C27H15Br2Cl2N3O2S2. The summed E-state index contributed by atoms with van der Waals surface area (Å²) < 4.78 is 8.51. The average Bonchev–Trinajstić information content (AvgIpc) is 3.51. The molecule has 1 amide bonds. The molecule has 3 aromatic carbocycles. The Kier molecular flexibility index (Phi) is 8.32. The summed E-state index contributed by atoms with van der Waals surface area (Å²) in [5.74, 6) is 0.625. The number of benzene rings is 3. The topological polar surface area (TPSA) is 67.2 Å². The van der Waals surface area contributed by atoms with Crippen LogP contribution in [0.1, 0.15) is 5.76 Å². The molecule has 0 spiro atoms. The van der Waals surface area contributed by atoms with Crippen molar-refractivity contribution in [2.75, 3.05) is 5.32 Å². The Bertz CT molecular complexity index is 1700. The summed E-state index contributed by atoms with van der Waals surface area (Å²) in [7, 11) is 0. The van der Waals surface area contributed by atoms with Crippen LogP contribution in [-0.4, -0.2) is 16.0 Å². The first-order valence-corrected chi connectivity index (χ1v) is 14.5. The fourth-order valence-corrected chi connectivity index (χ4v) is 6.61. The highest BCUT2D eigenvalue weighted by molar-refractivity contribution is 9.11. The van der Waals surface area contributed by atoms with E-state index in [1.54, 1.807) is 47.7 Å². The van der Waals surface area contributed by atoms with E-state index < -0.39 is 5.91 Å². The molecule has 0 unspecified atom stereocenters. The van der Waals surface area contributed by atoms with Crippen LogP contribution in [-0.2, 0) is 4.79 Å². The zero-order chi connectivity index (χ0) is 26.8. The number of anilines is 1. The van der Waals surface area contributed by atoms with E-state index in [1.165, 1.54) is 6.08 Å². The normalized spacial score (nSPS) is 11.3. The van der Waals surface area contributed by atoms with Crippen LogP contribution in [0.2, 0.25) is 10.0 Å². The van der Waals surface area contributed by atoms with Crippen LogP contribution in [0.25, 0.3) is 38.2 Å². The standard InChI is InChI=1S/C27H15Br2Cl2N3O2S2/c28-14-11-18(26-32-21-3-1-2-4-23(21)38-26)25(19(29)12-14)34-27(37)33-24(35)10-7-16-6-9-22(36-16)17-8-5-15(30)13-20(17)31/h1-13H,(H2,33,34,35,37)/b10-7+. The van der Waals surface area contributed by atoms with Crippen molar-refractivity contribution in [3.63, 3.8) is 0 Å². The van der Waals surface area contributed by atoms with Gasteiger partial charge in [-0.2, -0.15) is 0 Å². The van der Waals surface area contributed by atoms with E-state index in [4.69, 9.17) is 44.8 Å². The maximum atomic E-state index is 12.6. The van der Waals surface area contributed by atoms with Gasteiger partial charge in [0, 0.05) is 31.2 Å². The van der Waals surface area contributed by atoms with Crippen LogP contribution in [0, 0.1) is 0 Å². The number of rotatable bonds is 5. The van der Waals surface area contributed by atoms with Crippen molar-refractivity contribution >= 4 is 112 Å². The minimum absolute atomic E-state index is 0.137. The molecule has 0 aliphatic heterocycles. The molecule has 2 heterocycles. The van der Waals surface area contributed by atoms with Crippen molar-refractivity contribution < 1.29 is 9.21 Å². The predicted octanol–water partition coefficient (Wildman–Crippen LogP) is 9.58. The first kappa shape index (κ1) is 27.1. The lowest BCUT2D eigenvalue weighted by molar-refractivity contribution is -0.115. The number of nitrogens with zero attached hydrogens (tertiary/aromatic N) is 1. The number of carbonyl (C=O) groups excluding carboxylic acids is 1.